The number of benzene rings is 1. The molecule has 0 amide bonds. The summed E-state index contributed by atoms with van der Waals surface area (Å²) < 4.78 is 26.2. The lowest BCUT2D eigenvalue weighted by atomic mass is 9.94. The van der Waals surface area contributed by atoms with E-state index >= 15 is 0 Å². The summed E-state index contributed by atoms with van der Waals surface area (Å²) in [5, 5.41) is 12.3. The van der Waals surface area contributed by atoms with Gasteiger partial charge in [-0.3, -0.25) is 0 Å². The molecule has 96 valence electrons. The standard InChI is InChI=1S/C13H12F2N2.ClH/c14-11-5-10(6-12(15)7-11)13(8-16)9-1-3-17-4-2-9;/h5-7,17H,1-4H2;1H. The van der Waals surface area contributed by atoms with Gasteiger partial charge >= 0.3 is 0 Å². The summed E-state index contributed by atoms with van der Waals surface area (Å²) in [6.07, 6.45) is 1.50. The van der Waals surface area contributed by atoms with Crippen molar-refractivity contribution in [2.75, 3.05) is 13.1 Å². The van der Waals surface area contributed by atoms with E-state index in [2.05, 4.69) is 11.4 Å². The maximum atomic E-state index is 13.1. The maximum absolute atomic E-state index is 13.1. The molecule has 5 heteroatoms. The highest BCUT2D eigenvalue weighted by Crippen LogP contribution is 2.25. The van der Waals surface area contributed by atoms with Crippen molar-refractivity contribution in [2.24, 2.45) is 0 Å². The Balaban J connectivity index is 0.00000162. The monoisotopic (exact) mass is 270 g/mol. The van der Waals surface area contributed by atoms with Gasteiger partial charge in [0.25, 0.3) is 0 Å². The summed E-state index contributed by atoms with van der Waals surface area (Å²) in [5.41, 5.74) is 1.71. The molecule has 0 aromatic heterocycles. The molecule has 0 spiro atoms. The quantitative estimate of drug-likeness (QED) is 0.796. The van der Waals surface area contributed by atoms with Crippen molar-refractivity contribution in [3.63, 3.8) is 0 Å². The Morgan fingerprint density at radius 2 is 1.67 bits per heavy atom. The van der Waals surface area contributed by atoms with Gasteiger partial charge in [-0.2, -0.15) is 5.26 Å². The zero-order chi connectivity index (χ0) is 12.3. The smallest absolute Gasteiger partial charge is 0.126 e. The fourth-order valence-electron chi connectivity index (χ4n) is 2.02. The summed E-state index contributed by atoms with van der Waals surface area (Å²) in [5.74, 6) is -1.30. The number of piperidine rings is 1. The first-order chi connectivity index (χ1) is 8.20. The van der Waals surface area contributed by atoms with E-state index in [1.54, 1.807) is 0 Å². The summed E-state index contributed by atoms with van der Waals surface area (Å²) >= 11 is 0. The van der Waals surface area contributed by atoms with Gasteiger partial charge in [-0.1, -0.05) is 0 Å². The molecule has 0 atom stereocenters. The SMILES string of the molecule is Cl.N#CC(=C1CCNCC1)c1cc(F)cc(F)c1. The van der Waals surface area contributed by atoms with Gasteiger partial charge in [0.05, 0.1) is 11.6 Å². The lowest BCUT2D eigenvalue weighted by Crippen LogP contribution is -2.23. The number of halogens is 3. The van der Waals surface area contributed by atoms with E-state index < -0.39 is 11.6 Å². The summed E-state index contributed by atoms with van der Waals surface area (Å²) in [7, 11) is 0. The first kappa shape index (κ1) is 14.6. The first-order valence-corrected chi connectivity index (χ1v) is 5.50. The summed E-state index contributed by atoms with van der Waals surface area (Å²) in [6, 6.07) is 5.28. The molecule has 0 radical (unpaired) electrons. The number of nitriles is 1. The van der Waals surface area contributed by atoms with Crippen molar-refractivity contribution >= 4 is 18.0 Å². The predicted octanol–water partition coefficient (Wildman–Crippen LogP) is 3.05. The van der Waals surface area contributed by atoms with Crippen LogP contribution in [-0.4, -0.2) is 13.1 Å². The molecule has 1 fully saturated rings. The van der Waals surface area contributed by atoms with Crippen LogP contribution in [0.3, 0.4) is 0 Å². The Morgan fingerprint density at radius 3 is 2.17 bits per heavy atom. The van der Waals surface area contributed by atoms with Crippen LogP contribution in [0.1, 0.15) is 18.4 Å². The van der Waals surface area contributed by atoms with Crippen LogP contribution in [0, 0.1) is 23.0 Å². The number of nitrogens with one attached hydrogen (secondary N) is 1. The van der Waals surface area contributed by atoms with Crippen molar-refractivity contribution < 1.29 is 8.78 Å². The maximum Gasteiger partial charge on any atom is 0.126 e. The molecule has 1 aliphatic rings. The number of hydrogen-bond acceptors (Lipinski definition) is 2. The van der Waals surface area contributed by atoms with Crippen molar-refractivity contribution in [3.05, 3.63) is 41.0 Å². The third-order valence-corrected chi connectivity index (χ3v) is 2.82. The summed E-state index contributed by atoms with van der Waals surface area (Å²) in [4.78, 5) is 0. The molecule has 2 nitrogen and oxygen atoms in total. The fourth-order valence-corrected chi connectivity index (χ4v) is 2.02. The molecular formula is C13H13ClF2N2. The van der Waals surface area contributed by atoms with Crippen LogP contribution in [-0.2, 0) is 0 Å². The topological polar surface area (TPSA) is 35.8 Å². The van der Waals surface area contributed by atoms with Crippen LogP contribution in [0.15, 0.2) is 23.8 Å². The molecule has 0 aliphatic carbocycles. The van der Waals surface area contributed by atoms with Gasteiger partial charge in [0.15, 0.2) is 0 Å². The molecule has 1 heterocycles. The second kappa shape index (κ2) is 6.48. The number of allylic oxidation sites excluding steroid dienone is 1. The Morgan fingerprint density at radius 1 is 1.11 bits per heavy atom. The van der Waals surface area contributed by atoms with Gasteiger partial charge in [0.1, 0.15) is 11.6 Å². The molecular weight excluding hydrogens is 258 g/mol. The van der Waals surface area contributed by atoms with E-state index in [0.29, 0.717) is 11.1 Å². The third kappa shape index (κ3) is 3.28. The molecule has 1 saturated heterocycles. The molecule has 0 bridgehead atoms. The van der Waals surface area contributed by atoms with Gasteiger partial charge in [0.2, 0.25) is 0 Å². The van der Waals surface area contributed by atoms with Crippen LogP contribution in [0.2, 0.25) is 0 Å². The molecule has 18 heavy (non-hydrogen) atoms. The average Bonchev–Trinajstić information content (AvgIpc) is 2.30. The van der Waals surface area contributed by atoms with Crippen LogP contribution < -0.4 is 5.32 Å². The van der Waals surface area contributed by atoms with Gasteiger partial charge in [-0.15, -0.1) is 12.4 Å². The van der Waals surface area contributed by atoms with Crippen LogP contribution in [0.5, 0.6) is 0 Å². The Kier molecular flexibility index (Phi) is 5.26. The normalized spacial score (nSPS) is 14.6. The highest BCUT2D eigenvalue weighted by Gasteiger charge is 2.13. The Bertz CT molecular complexity index is 478. The zero-order valence-corrected chi connectivity index (χ0v) is 10.5. The van der Waals surface area contributed by atoms with E-state index in [1.807, 2.05) is 0 Å². The minimum atomic E-state index is -0.651. The molecule has 1 aliphatic heterocycles. The lowest BCUT2D eigenvalue weighted by molar-refractivity contribution is 0.582. The molecule has 0 unspecified atom stereocenters. The molecule has 1 aromatic rings. The third-order valence-electron chi connectivity index (χ3n) is 2.82. The van der Waals surface area contributed by atoms with Gasteiger partial charge < -0.3 is 5.32 Å². The molecule has 2 rings (SSSR count). The van der Waals surface area contributed by atoms with Gasteiger partial charge in [0, 0.05) is 6.07 Å². The summed E-state index contributed by atoms with van der Waals surface area (Å²) in [6.45, 7) is 1.61. The second-order valence-corrected chi connectivity index (χ2v) is 4.00. The highest BCUT2D eigenvalue weighted by atomic mass is 35.5. The lowest BCUT2D eigenvalue weighted by Gasteiger charge is -2.17. The highest BCUT2D eigenvalue weighted by molar-refractivity contribution is 5.85. The minimum absolute atomic E-state index is 0. The van der Waals surface area contributed by atoms with E-state index in [9.17, 15) is 8.78 Å². The second-order valence-electron chi connectivity index (χ2n) is 4.00. The van der Waals surface area contributed by atoms with Crippen molar-refractivity contribution in [1.82, 2.24) is 5.32 Å². The number of rotatable bonds is 1. The molecule has 1 N–H and O–H groups in total. The molecule has 1 aromatic carbocycles. The van der Waals surface area contributed by atoms with Crippen molar-refractivity contribution in [1.29, 1.82) is 5.26 Å². The van der Waals surface area contributed by atoms with E-state index in [0.717, 1.165) is 37.6 Å². The van der Waals surface area contributed by atoms with Gasteiger partial charge in [-0.05, 0) is 49.2 Å². The van der Waals surface area contributed by atoms with Crippen molar-refractivity contribution in [3.8, 4) is 6.07 Å². The van der Waals surface area contributed by atoms with Crippen LogP contribution >= 0.6 is 12.4 Å². The van der Waals surface area contributed by atoms with Crippen LogP contribution in [0.4, 0.5) is 8.78 Å². The average molecular weight is 271 g/mol. The Labute approximate surface area is 111 Å². The van der Waals surface area contributed by atoms with Crippen molar-refractivity contribution in [2.45, 2.75) is 12.8 Å². The zero-order valence-electron chi connectivity index (χ0n) is 9.67. The van der Waals surface area contributed by atoms with Gasteiger partial charge in [-0.25, -0.2) is 8.78 Å². The minimum Gasteiger partial charge on any atom is -0.316 e. The van der Waals surface area contributed by atoms with E-state index in [1.165, 1.54) is 12.1 Å². The van der Waals surface area contributed by atoms with E-state index in [-0.39, 0.29) is 12.4 Å². The molecule has 0 saturated carbocycles. The first-order valence-electron chi connectivity index (χ1n) is 5.50. The predicted molar refractivity (Wildman–Crippen MR) is 68.2 cm³/mol. The number of nitrogens with zero attached hydrogens (tertiary/aromatic N) is 1. The fraction of sp³-hybridized carbons (Fsp3) is 0.308. The Hall–Kier alpha value is -1.44. The van der Waals surface area contributed by atoms with Crippen LogP contribution in [0.25, 0.3) is 5.57 Å². The van der Waals surface area contributed by atoms with E-state index in [4.69, 9.17) is 5.26 Å². The number of hydrogen-bond donors (Lipinski definition) is 1. The largest absolute Gasteiger partial charge is 0.316 e.